The first-order valence-electron chi connectivity index (χ1n) is 19.1. The van der Waals surface area contributed by atoms with Gasteiger partial charge in [0.1, 0.15) is 12.2 Å². The first-order chi connectivity index (χ1) is 23.6. The fourth-order valence-electron chi connectivity index (χ4n) is 10.6. The lowest BCUT2D eigenvalue weighted by molar-refractivity contribution is -0.276. The lowest BCUT2D eigenvalue weighted by Gasteiger charge is -2.47. The van der Waals surface area contributed by atoms with Gasteiger partial charge >= 0.3 is 0 Å². The van der Waals surface area contributed by atoms with Gasteiger partial charge in [-0.25, -0.2) is 0 Å². The molecule has 274 valence electrons. The van der Waals surface area contributed by atoms with Crippen LogP contribution >= 0.6 is 0 Å². The van der Waals surface area contributed by atoms with E-state index >= 15 is 0 Å². The molecule has 8 aliphatic rings. The second-order valence-electron chi connectivity index (χ2n) is 16.4. The van der Waals surface area contributed by atoms with Gasteiger partial charge in [-0.3, -0.25) is 0 Å². The number of nitrogens with zero attached hydrogens (tertiary/aromatic N) is 1. The molecule has 8 saturated heterocycles. The van der Waals surface area contributed by atoms with Crippen molar-refractivity contribution in [1.29, 1.82) is 0 Å². The van der Waals surface area contributed by atoms with E-state index in [1.165, 1.54) is 0 Å². The van der Waals surface area contributed by atoms with Crippen LogP contribution in [0.3, 0.4) is 0 Å². The fourth-order valence-corrected chi connectivity index (χ4v) is 10.6. The zero-order valence-corrected chi connectivity index (χ0v) is 29.6. The highest BCUT2D eigenvalue weighted by atomic mass is 16.7. The van der Waals surface area contributed by atoms with Crippen LogP contribution < -0.4 is 5.84 Å². The third-order valence-electron chi connectivity index (χ3n) is 13.2. The van der Waals surface area contributed by atoms with Gasteiger partial charge in [0.05, 0.1) is 73.2 Å². The molecule has 8 rings (SSSR count). The Kier molecular flexibility index (Phi) is 9.80. The molecule has 1 spiro atoms. The first-order valence-corrected chi connectivity index (χ1v) is 19.1. The molecule has 8 fully saturated rings. The molecule has 17 atom stereocenters. The number of hydrazone groups is 1. The molecular weight excluding hydrogens is 628 g/mol. The van der Waals surface area contributed by atoms with Crippen molar-refractivity contribution in [2.75, 3.05) is 7.11 Å². The number of ether oxygens (including phenoxy) is 8. The summed E-state index contributed by atoms with van der Waals surface area (Å²) in [6.07, 6.45) is 7.65. The van der Waals surface area contributed by atoms with Crippen molar-refractivity contribution in [2.45, 2.75) is 189 Å². The molecule has 49 heavy (non-hydrogen) atoms. The normalized spacial score (nSPS) is 52.9. The summed E-state index contributed by atoms with van der Waals surface area (Å²) >= 11 is 0. The predicted octanol–water partition coefficient (Wildman–Crippen LogP) is 4.48. The number of aliphatic hydroxyl groups is 1. The van der Waals surface area contributed by atoms with E-state index in [-0.39, 0.29) is 79.2 Å². The summed E-state index contributed by atoms with van der Waals surface area (Å²) < 4.78 is 53.1. The third kappa shape index (κ3) is 6.70. The van der Waals surface area contributed by atoms with E-state index in [1.54, 1.807) is 7.11 Å². The van der Waals surface area contributed by atoms with Crippen LogP contribution in [0.2, 0.25) is 0 Å². The van der Waals surface area contributed by atoms with E-state index in [1.807, 2.05) is 0 Å². The first kappa shape index (κ1) is 34.7. The van der Waals surface area contributed by atoms with Gasteiger partial charge in [0.2, 0.25) is 0 Å². The molecule has 11 nitrogen and oxygen atoms in total. The van der Waals surface area contributed by atoms with Crippen LogP contribution in [0.4, 0.5) is 0 Å². The predicted molar refractivity (Wildman–Crippen MR) is 181 cm³/mol. The Hall–Kier alpha value is -1.41. The van der Waals surface area contributed by atoms with Gasteiger partial charge in [-0.2, -0.15) is 5.10 Å². The molecule has 0 radical (unpaired) electrons. The molecule has 0 aromatic heterocycles. The Balaban J connectivity index is 1.07. The van der Waals surface area contributed by atoms with E-state index in [0.29, 0.717) is 38.0 Å². The second kappa shape index (κ2) is 13.9. The second-order valence-corrected chi connectivity index (χ2v) is 16.4. The van der Waals surface area contributed by atoms with E-state index < -0.39 is 18.0 Å². The van der Waals surface area contributed by atoms with E-state index in [9.17, 15) is 5.11 Å². The molecule has 8 heterocycles. The molecule has 0 aromatic carbocycles. The number of fused-ring (bicyclic) bond motifs is 9. The minimum Gasteiger partial charge on any atom is -0.390 e. The Labute approximate surface area is 291 Å². The van der Waals surface area contributed by atoms with Crippen molar-refractivity contribution in [2.24, 2.45) is 22.8 Å². The lowest BCUT2D eigenvalue weighted by Crippen LogP contribution is -2.58. The summed E-state index contributed by atoms with van der Waals surface area (Å²) in [5.41, 5.74) is 3.19. The zero-order chi connectivity index (χ0) is 34.0. The Bertz CT molecular complexity index is 1280. The van der Waals surface area contributed by atoms with Gasteiger partial charge in [0.25, 0.3) is 0 Å². The van der Waals surface area contributed by atoms with Gasteiger partial charge in [0, 0.05) is 50.8 Å². The molecule has 8 aliphatic heterocycles. The van der Waals surface area contributed by atoms with Crippen molar-refractivity contribution in [3.05, 3.63) is 24.3 Å². The molecule has 0 aromatic rings. The molecule has 11 heteroatoms. The molecule has 3 N–H and O–H groups in total. The van der Waals surface area contributed by atoms with Gasteiger partial charge in [-0.05, 0) is 75.4 Å². The quantitative estimate of drug-likeness (QED) is 0.231. The monoisotopic (exact) mass is 686 g/mol. The standard InChI is InChI=1S/C38H58N2O9/c1-19-12-24-6-8-29-20(2)13-26(44-29)10-11-38-18-28(41)36(49-38)33-17-34(48-38)37-30(47-33)9-7-25(46-37)14-23(40-39)15-27-32(16-31(45-24)21(19)3)43-22(4)35(27)42-5/h19,22,24-37,41H,2-3,6-18,39H2,1,4-5H3/b40-23+/t19-,22-,24+,25-,26+,27+,28-,29+,30+,31-,32+,33-,34-,35+,36+,37+,38-/m1/s1. The number of rotatable bonds is 1. The maximum atomic E-state index is 11.1. The van der Waals surface area contributed by atoms with Crippen molar-refractivity contribution >= 4 is 5.71 Å². The molecule has 0 aliphatic carbocycles. The Morgan fingerprint density at radius 1 is 0.776 bits per heavy atom. The Morgan fingerprint density at radius 2 is 1.57 bits per heavy atom. The topological polar surface area (TPSA) is 132 Å². The highest BCUT2D eigenvalue weighted by molar-refractivity contribution is 5.85. The van der Waals surface area contributed by atoms with Gasteiger partial charge in [0.15, 0.2) is 5.79 Å². The maximum Gasteiger partial charge on any atom is 0.172 e. The van der Waals surface area contributed by atoms with Crippen molar-refractivity contribution in [3.63, 3.8) is 0 Å². The summed E-state index contributed by atoms with van der Waals surface area (Å²) in [5.74, 6) is 5.64. The van der Waals surface area contributed by atoms with Crippen LogP contribution in [0.25, 0.3) is 0 Å². The average Bonchev–Trinajstić information content (AvgIpc) is 3.68. The van der Waals surface area contributed by atoms with Crippen LogP contribution in [0.15, 0.2) is 29.4 Å². The van der Waals surface area contributed by atoms with Gasteiger partial charge in [-0.1, -0.05) is 20.1 Å². The maximum absolute atomic E-state index is 11.1. The van der Waals surface area contributed by atoms with E-state index in [2.05, 4.69) is 32.1 Å². The summed E-state index contributed by atoms with van der Waals surface area (Å²) in [7, 11) is 1.77. The van der Waals surface area contributed by atoms with Crippen molar-refractivity contribution < 1.29 is 43.0 Å². The highest BCUT2D eigenvalue weighted by Crippen LogP contribution is 2.49. The van der Waals surface area contributed by atoms with Crippen LogP contribution in [0, 0.1) is 11.8 Å². The van der Waals surface area contributed by atoms with Crippen LogP contribution in [-0.4, -0.2) is 109 Å². The van der Waals surface area contributed by atoms with Crippen LogP contribution in [-0.2, 0) is 37.9 Å². The number of hydrogen-bond donors (Lipinski definition) is 2. The third-order valence-corrected chi connectivity index (χ3v) is 13.2. The minimum atomic E-state index is -0.894. The number of hydrogen-bond acceptors (Lipinski definition) is 11. The highest BCUT2D eigenvalue weighted by Gasteiger charge is 2.59. The summed E-state index contributed by atoms with van der Waals surface area (Å²) in [4.78, 5) is 0. The fraction of sp³-hybridized carbons (Fsp3) is 0.868. The number of nitrogens with two attached hydrogens (primary N) is 1. The zero-order valence-electron chi connectivity index (χ0n) is 29.6. The van der Waals surface area contributed by atoms with E-state index in [0.717, 1.165) is 68.2 Å². The lowest BCUT2D eigenvalue weighted by atomic mass is 9.81. The average molecular weight is 687 g/mol. The van der Waals surface area contributed by atoms with Crippen LogP contribution in [0.5, 0.6) is 0 Å². The number of aliphatic hydroxyl groups excluding tert-OH is 1. The van der Waals surface area contributed by atoms with Crippen molar-refractivity contribution in [1.82, 2.24) is 0 Å². The molecule has 0 unspecified atom stereocenters. The van der Waals surface area contributed by atoms with Crippen molar-refractivity contribution in [3.8, 4) is 0 Å². The molecule has 0 saturated carbocycles. The molecule has 0 amide bonds. The SMILES string of the molecule is C=C1C[C@@H]2CC[C@]34C[C@@H](O)[C@H](O3)[C@H]3C[C@@H](O4)[C@H]4O[C@H](CC[C@@H]4O3)C/C(=N\N)C[C@@H]3[C@@H](OC)[C@@H](C)O[C@H]3C[C@H]3O[C@@H](CC[C@@H]1O2)C[C@@H](C)C3=C. The van der Waals surface area contributed by atoms with E-state index in [4.69, 9.17) is 43.7 Å². The van der Waals surface area contributed by atoms with Gasteiger partial charge < -0.3 is 48.8 Å². The molecular formula is C38H58N2O9. The Morgan fingerprint density at radius 3 is 2.39 bits per heavy atom. The largest absolute Gasteiger partial charge is 0.390 e. The van der Waals surface area contributed by atoms with Gasteiger partial charge in [-0.15, -0.1) is 0 Å². The van der Waals surface area contributed by atoms with Crippen LogP contribution in [0.1, 0.15) is 97.3 Å². The smallest absolute Gasteiger partial charge is 0.172 e. The summed E-state index contributed by atoms with van der Waals surface area (Å²) in [6, 6.07) is 0. The number of methoxy groups -OCH3 is 1. The summed E-state index contributed by atoms with van der Waals surface area (Å²) in [6.45, 7) is 13.3. The minimum absolute atomic E-state index is 0.00139. The molecule has 10 bridgehead atoms. The summed E-state index contributed by atoms with van der Waals surface area (Å²) in [5, 5.41) is 15.5.